The zero-order chi connectivity index (χ0) is 20.4. The van der Waals surface area contributed by atoms with Crippen LogP contribution in [0.4, 0.5) is 0 Å². The third-order valence-electron chi connectivity index (χ3n) is 5.70. The molecule has 1 amide bonds. The Bertz CT molecular complexity index is 743. The topological polar surface area (TPSA) is 42.7 Å². The lowest BCUT2D eigenvalue weighted by atomic mass is 9.77. The summed E-state index contributed by atoms with van der Waals surface area (Å²) in [4.78, 5) is 16.2. The maximum Gasteiger partial charge on any atom is 0.264 e. The summed E-state index contributed by atoms with van der Waals surface area (Å²) in [7, 11) is 0. The van der Waals surface area contributed by atoms with E-state index in [-0.39, 0.29) is 28.9 Å². The van der Waals surface area contributed by atoms with E-state index >= 15 is 0 Å². The third-order valence-corrected chi connectivity index (χ3v) is 6.55. The van der Waals surface area contributed by atoms with Crippen LogP contribution in [0.15, 0.2) is 40.3 Å². The number of hydrogen-bond acceptors (Lipinski definition) is 4. The Kier molecular flexibility index (Phi) is 6.35. The lowest BCUT2D eigenvalue weighted by Crippen LogP contribution is -2.49. The molecule has 0 aromatic carbocycles. The highest BCUT2D eigenvalue weighted by atomic mass is 32.1. The number of rotatable bonds is 6. The molecule has 154 valence electrons. The zero-order valence-corrected chi connectivity index (χ0v) is 18.6. The number of carbonyl (C=O) groups is 1. The standard InChI is InChI=1S/C23H33NO3S/c1-22(2,3)18(19-8-6-13-26-19)10-12-24(21(25)20-9-7-15-28-20)17-11-14-27-23(4,5)16-17/h6-9,13,15,17-18H,10-12,14,16H2,1-5H3. The van der Waals surface area contributed by atoms with Crippen molar-refractivity contribution in [3.8, 4) is 0 Å². The van der Waals surface area contributed by atoms with Crippen LogP contribution in [0.5, 0.6) is 0 Å². The van der Waals surface area contributed by atoms with Crippen molar-refractivity contribution >= 4 is 17.2 Å². The molecule has 1 fully saturated rings. The minimum atomic E-state index is -0.193. The second-order valence-corrected chi connectivity index (χ2v) is 10.4. The van der Waals surface area contributed by atoms with Gasteiger partial charge in [-0.15, -0.1) is 11.3 Å². The summed E-state index contributed by atoms with van der Waals surface area (Å²) in [6.45, 7) is 12.4. The molecule has 2 unspecified atom stereocenters. The molecule has 0 saturated carbocycles. The SMILES string of the molecule is CC1(C)CC(N(CCC(c2ccco2)C(C)(C)C)C(=O)c2cccs2)CCO1. The van der Waals surface area contributed by atoms with Crippen molar-refractivity contribution in [2.24, 2.45) is 5.41 Å². The van der Waals surface area contributed by atoms with Gasteiger partial charge < -0.3 is 14.1 Å². The first-order chi connectivity index (χ1) is 13.2. The molecule has 2 atom stereocenters. The van der Waals surface area contributed by atoms with Gasteiger partial charge in [0.05, 0.1) is 16.7 Å². The first-order valence-electron chi connectivity index (χ1n) is 10.2. The summed E-state index contributed by atoms with van der Waals surface area (Å²) in [6, 6.07) is 8.08. The fourth-order valence-corrected chi connectivity index (χ4v) is 4.90. The Morgan fingerprint density at radius 3 is 2.68 bits per heavy atom. The van der Waals surface area contributed by atoms with Crippen LogP contribution < -0.4 is 0 Å². The van der Waals surface area contributed by atoms with Crippen LogP contribution in [0.1, 0.15) is 75.2 Å². The fraction of sp³-hybridized carbons (Fsp3) is 0.609. The zero-order valence-electron chi connectivity index (χ0n) is 17.7. The molecule has 1 aliphatic rings. The molecular weight excluding hydrogens is 370 g/mol. The molecule has 28 heavy (non-hydrogen) atoms. The Hall–Kier alpha value is -1.59. The summed E-state index contributed by atoms with van der Waals surface area (Å²) in [5, 5.41) is 1.97. The molecule has 4 nitrogen and oxygen atoms in total. The van der Waals surface area contributed by atoms with Gasteiger partial charge in [-0.2, -0.15) is 0 Å². The number of furan rings is 1. The van der Waals surface area contributed by atoms with Crippen molar-refractivity contribution < 1.29 is 13.9 Å². The monoisotopic (exact) mass is 403 g/mol. The molecule has 5 heteroatoms. The van der Waals surface area contributed by atoms with E-state index in [4.69, 9.17) is 9.15 Å². The fourth-order valence-electron chi connectivity index (χ4n) is 4.22. The lowest BCUT2D eigenvalue weighted by molar-refractivity contribution is -0.0786. The highest BCUT2D eigenvalue weighted by Gasteiger charge is 2.36. The maximum atomic E-state index is 13.3. The highest BCUT2D eigenvalue weighted by molar-refractivity contribution is 7.12. The van der Waals surface area contributed by atoms with Crippen molar-refractivity contribution in [1.29, 1.82) is 0 Å². The van der Waals surface area contributed by atoms with E-state index in [1.54, 1.807) is 6.26 Å². The molecular formula is C23H33NO3S. The molecule has 1 saturated heterocycles. The Morgan fingerprint density at radius 2 is 2.11 bits per heavy atom. The van der Waals surface area contributed by atoms with Crippen LogP contribution in [-0.4, -0.2) is 35.6 Å². The van der Waals surface area contributed by atoms with Crippen LogP contribution in [0.25, 0.3) is 0 Å². The van der Waals surface area contributed by atoms with Crippen molar-refractivity contribution in [2.45, 2.75) is 71.4 Å². The molecule has 3 heterocycles. The van der Waals surface area contributed by atoms with Gasteiger partial charge in [0.1, 0.15) is 5.76 Å². The van der Waals surface area contributed by atoms with Gasteiger partial charge >= 0.3 is 0 Å². The lowest BCUT2D eigenvalue weighted by Gasteiger charge is -2.42. The van der Waals surface area contributed by atoms with E-state index < -0.39 is 0 Å². The minimum Gasteiger partial charge on any atom is -0.469 e. The van der Waals surface area contributed by atoms with Gasteiger partial charge in [-0.3, -0.25) is 4.79 Å². The van der Waals surface area contributed by atoms with Gasteiger partial charge in [0.25, 0.3) is 5.91 Å². The van der Waals surface area contributed by atoms with Gasteiger partial charge in [0.2, 0.25) is 0 Å². The second-order valence-electron chi connectivity index (χ2n) is 9.45. The molecule has 2 aromatic heterocycles. The van der Waals surface area contributed by atoms with Crippen molar-refractivity contribution in [3.63, 3.8) is 0 Å². The Labute approximate surface area is 172 Å². The molecule has 0 N–H and O–H groups in total. The van der Waals surface area contributed by atoms with Crippen molar-refractivity contribution in [3.05, 3.63) is 46.5 Å². The average Bonchev–Trinajstić information content (AvgIpc) is 3.29. The van der Waals surface area contributed by atoms with Gasteiger partial charge in [0.15, 0.2) is 0 Å². The molecule has 0 aliphatic carbocycles. The third kappa shape index (κ3) is 5.06. The summed E-state index contributed by atoms with van der Waals surface area (Å²) in [6.07, 6.45) is 4.38. The Morgan fingerprint density at radius 1 is 1.32 bits per heavy atom. The predicted molar refractivity (Wildman–Crippen MR) is 114 cm³/mol. The number of thiophene rings is 1. The normalized spacial score (nSPS) is 20.7. The molecule has 0 radical (unpaired) electrons. The van der Waals surface area contributed by atoms with E-state index in [1.165, 1.54) is 11.3 Å². The number of amides is 1. The minimum absolute atomic E-state index is 0.0600. The number of carbonyl (C=O) groups excluding carboxylic acids is 1. The molecule has 1 aliphatic heterocycles. The number of ether oxygens (including phenoxy) is 1. The van der Waals surface area contributed by atoms with Gasteiger partial charge in [-0.05, 0) is 62.1 Å². The van der Waals surface area contributed by atoms with Crippen LogP contribution in [0.2, 0.25) is 0 Å². The summed E-state index contributed by atoms with van der Waals surface area (Å²) in [5.74, 6) is 1.40. The van der Waals surface area contributed by atoms with Gasteiger partial charge in [0, 0.05) is 25.1 Å². The largest absolute Gasteiger partial charge is 0.469 e. The van der Waals surface area contributed by atoms with E-state index in [1.807, 2.05) is 23.6 Å². The Balaban J connectivity index is 1.81. The summed E-state index contributed by atoms with van der Waals surface area (Å²) in [5.41, 5.74) is -0.133. The first-order valence-corrected chi connectivity index (χ1v) is 11.1. The van der Waals surface area contributed by atoms with Gasteiger partial charge in [-0.1, -0.05) is 26.8 Å². The summed E-state index contributed by atoms with van der Waals surface area (Å²) >= 11 is 1.52. The molecule has 0 bridgehead atoms. The smallest absolute Gasteiger partial charge is 0.264 e. The van der Waals surface area contributed by atoms with Crippen molar-refractivity contribution in [2.75, 3.05) is 13.2 Å². The quantitative estimate of drug-likeness (QED) is 0.597. The first kappa shape index (κ1) is 21.1. The molecule has 0 spiro atoms. The van der Waals surface area contributed by atoms with E-state index in [2.05, 4.69) is 45.6 Å². The van der Waals surface area contributed by atoms with E-state index in [0.29, 0.717) is 6.61 Å². The second kappa shape index (κ2) is 8.42. The van der Waals surface area contributed by atoms with E-state index in [9.17, 15) is 4.79 Å². The van der Waals surface area contributed by atoms with Crippen LogP contribution in [-0.2, 0) is 4.74 Å². The predicted octanol–water partition coefficient (Wildman–Crippen LogP) is 5.96. The van der Waals surface area contributed by atoms with Gasteiger partial charge in [-0.25, -0.2) is 0 Å². The van der Waals surface area contributed by atoms with Crippen LogP contribution >= 0.6 is 11.3 Å². The van der Waals surface area contributed by atoms with Crippen molar-refractivity contribution in [1.82, 2.24) is 4.90 Å². The van der Waals surface area contributed by atoms with Crippen LogP contribution in [0.3, 0.4) is 0 Å². The molecule has 3 rings (SSSR count). The maximum absolute atomic E-state index is 13.3. The number of nitrogens with zero attached hydrogens (tertiary/aromatic N) is 1. The highest BCUT2D eigenvalue weighted by Crippen LogP contribution is 2.39. The van der Waals surface area contributed by atoms with E-state index in [0.717, 1.165) is 36.4 Å². The number of hydrogen-bond donors (Lipinski definition) is 0. The molecule has 2 aromatic rings. The summed E-state index contributed by atoms with van der Waals surface area (Å²) < 4.78 is 11.6. The average molecular weight is 404 g/mol. The van der Waals surface area contributed by atoms with Crippen LogP contribution in [0, 0.1) is 5.41 Å².